The molecule has 8 heteroatoms. The van der Waals surface area contributed by atoms with Gasteiger partial charge in [-0.05, 0) is 37.2 Å². The van der Waals surface area contributed by atoms with Crippen LogP contribution in [0, 0.1) is 5.92 Å². The Morgan fingerprint density at radius 2 is 1.86 bits per heavy atom. The molecule has 8 nitrogen and oxygen atoms in total. The molecule has 150 valence electrons. The first kappa shape index (κ1) is 19.9. The van der Waals surface area contributed by atoms with Crippen LogP contribution in [0.2, 0.25) is 0 Å². The Labute approximate surface area is 165 Å². The fourth-order valence-electron chi connectivity index (χ4n) is 2.91. The number of hydrogen-bond donors (Lipinski definition) is 2. The maximum atomic E-state index is 12.0. The Kier molecular flexibility index (Phi) is 6.30. The van der Waals surface area contributed by atoms with Crippen LogP contribution in [-0.2, 0) is 4.74 Å². The molecular formula is C20H28N6O2. The van der Waals surface area contributed by atoms with Crippen LogP contribution in [0.3, 0.4) is 0 Å². The number of rotatable bonds is 6. The van der Waals surface area contributed by atoms with Gasteiger partial charge >= 0.3 is 5.97 Å². The van der Waals surface area contributed by atoms with Crippen molar-refractivity contribution in [1.29, 1.82) is 0 Å². The number of carbonyl (C=O) groups is 1. The van der Waals surface area contributed by atoms with Gasteiger partial charge in [0.15, 0.2) is 11.6 Å². The first-order valence-electron chi connectivity index (χ1n) is 9.52. The van der Waals surface area contributed by atoms with Gasteiger partial charge in [-0.1, -0.05) is 13.8 Å². The minimum atomic E-state index is -0.320. The van der Waals surface area contributed by atoms with Gasteiger partial charge in [-0.3, -0.25) is 0 Å². The number of nitrogens with two attached hydrogens (primary N) is 1. The van der Waals surface area contributed by atoms with Gasteiger partial charge in [0.2, 0.25) is 0 Å². The number of carbonyl (C=O) groups excluding carboxylic acids is 1. The number of nitrogens with zero attached hydrogens (tertiary/aromatic N) is 4. The van der Waals surface area contributed by atoms with E-state index in [4.69, 9.17) is 10.5 Å². The summed E-state index contributed by atoms with van der Waals surface area (Å²) in [6.45, 7) is 8.12. The normalized spacial score (nSPS) is 14.9. The monoisotopic (exact) mass is 384 g/mol. The smallest absolute Gasteiger partial charge is 0.338 e. The van der Waals surface area contributed by atoms with E-state index < -0.39 is 0 Å². The molecular weight excluding hydrogens is 356 g/mol. The lowest BCUT2D eigenvalue weighted by molar-refractivity contribution is 0.0459. The first-order chi connectivity index (χ1) is 13.4. The summed E-state index contributed by atoms with van der Waals surface area (Å²) in [5.74, 6) is 1.29. The molecule has 1 aliphatic rings. The minimum Gasteiger partial charge on any atom is -0.462 e. The average molecular weight is 384 g/mol. The Morgan fingerprint density at radius 3 is 2.50 bits per heavy atom. The fourth-order valence-corrected chi connectivity index (χ4v) is 2.91. The number of benzene rings is 1. The highest BCUT2D eigenvalue weighted by atomic mass is 16.5. The molecule has 3 N–H and O–H groups in total. The topological polar surface area (TPSA) is 96.6 Å². The third kappa shape index (κ3) is 4.89. The highest BCUT2D eigenvalue weighted by Gasteiger charge is 2.19. The summed E-state index contributed by atoms with van der Waals surface area (Å²) in [7, 11) is 2.11. The molecule has 1 aromatic heterocycles. The highest BCUT2D eigenvalue weighted by molar-refractivity contribution is 5.90. The number of nitrogen functional groups attached to an aromatic ring is 1. The fraction of sp³-hybridized carbons (Fsp3) is 0.450. The number of aromatic nitrogens is 2. The lowest BCUT2D eigenvalue weighted by Crippen LogP contribution is -2.45. The molecule has 0 radical (unpaired) electrons. The van der Waals surface area contributed by atoms with Crippen LogP contribution in [0.5, 0.6) is 0 Å². The van der Waals surface area contributed by atoms with Crippen molar-refractivity contribution in [2.24, 2.45) is 5.92 Å². The number of likely N-dealkylation sites (N-methyl/N-ethyl adjacent to an activating group) is 1. The standard InChI is InChI=1S/C20H28N6O2/c1-14(2)12-28-20(27)15-4-6-16(7-5-15)24-18-17(21)19(23-13-22-18)26-10-8-25(3)9-11-26/h4-7,13-14H,8-12,21H2,1-3H3,(H,22,23,24). The van der Waals surface area contributed by atoms with Gasteiger partial charge in [0.05, 0.1) is 12.2 Å². The molecule has 0 spiro atoms. The van der Waals surface area contributed by atoms with E-state index in [1.807, 2.05) is 26.0 Å². The zero-order valence-corrected chi connectivity index (χ0v) is 16.7. The predicted octanol–water partition coefficient (Wildman–Crippen LogP) is 2.37. The van der Waals surface area contributed by atoms with Gasteiger partial charge in [-0.15, -0.1) is 0 Å². The van der Waals surface area contributed by atoms with E-state index in [0.717, 1.165) is 37.7 Å². The quantitative estimate of drug-likeness (QED) is 0.733. The molecule has 0 saturated carbocycles. The van der Waals surface area contributed by atoms with Crippen molar-refractivity contribution in [2.75, 3.05) is 55.8 Å². The van der Waals surface area contributed by atoms with Crippen molar-refractivity contribution in [3.63, 3.8) is 0 Å². The number of piperazine rings is 1. The molecule has 1 fully saturated rings. The van der Waals surface area contributed by atoms with Crippen LogP contribution in [0.25, 0.3) is 0 Å². The van der Waals surface area contributed by atoms with Crippen LogP contribution >= 0.6 is 0 Å². The van der Waals surface area contributed by atoms with E-state index in [2.05, 4.69) is 32.1 Å². The molecule has 0 atom stereocenters. The third-order valence-corrected chi connectivity index (χ3v) is 4.60. The molecule has 2 heterocycles. The largest absolute Gasteiger partial charge is 0.462 e. The highest BCUT2D eigenvalue weighted by Crippen LogP contribution is 2.29. The predicted molar refractivity (Wildman–Crippen MR) is 111 cm³/mol. The van der Waals surface area contributed by atoms with Crippen molar-refractivity contribution >= 4 is 29.0 Å². The Bertz CT molecular complexity index is 801. The summed E-state index contributed by atoms with van der Waals surface area (Å²) in [5.41, 5.74) is 8.15. The van der Waals surface area contributed by atoms with Crippen LogP contribution < -0.4 is 16.0 Å². The van der Waals surface area contributed by atoms with Gasteiger partial charge in [-0.25, -0.2) is 14.8 Å². The number of nitrogens with one attached hydrogen (secondary N) is 1. The number of ether oxygens (including phenoxy) is 1. The molecule has 0 aliphatic carbocycles. The van der Waals surface area contributed by atoms with Crippen LogP contribution in [0.15, 0.2) is 30.6 Å². The van der Waals surface area contributed by atoms with Gasteiger partial charge in [0.1, 0.15) is 12.0 Å². The van der Waals surface area contributed by atoms with E-state index in [1.54, 1.807) is 12.1 Å². The SMILES string of the molecule is CC(C)COC(=O)c1ccc(Nc2ncnc(N3CCN(C)CC3)c2N)cc1. The van der Waals surface area contributed by atoms with E-state index in [-0.39, 0.29) is 5.97 Å². The van der Waals surface area contributed by atoms with Crippen molar-refractivity contribution in [1.82, 2.24) is 14.9 Å². The second-order valence-corrected chi connectivity index (χ2v) is 7.44. The third-order valence-electron chi connectivity index (χ3n) is 4.60. The molecule has 2 aromatic rings. The van der Waals surface area contributed by atoms with Crippen LogP contribution in [-0.4, -0.2) is 60.7 Å². The number of esters is 1. The molecule has 0 unspecified atom stereocenters. The Hall–Kier alpha value is -2.87. The zero-order chi connectivity index (χ0) is 20.1. The average Bonchev–Trinajstić information content (AvgIpc) is 2.69. The summed E-state index contributed by atoms with van der Waals surface area (Å²) in [6.07, 6.45) is 1.52. The van der Waals surface area contributed by atoms with E-state index >= 15 is 0 Å². The summed E-state index contributed by atoms with van der Waals surface area (Å²) in [5, 5.41) is 3.21. The second-order valence-electron chi connectivity index (χ2n) is 7.44. The first-order valence-corrected chi connectivity index (χ1v) is 9.52. The Balaban J connectivity index is 1.68. The number of anilines is 4. The lowest BCUT2D eigenvalue weighted by atomic mass is 10.2. The summed E-state index contributed by atoms with van der Waals surface area (Å²) in [6, 6.07) is 7.07. The van der Waals surface area contributed by atoms with Gasteiger partial charge in [-0.2, -0.15) is 0 Å². The van der Waals surface area contributed by atoms with Crippen LogP contribution in [0.1, 0.15) is 24.2 Å². The van der Waals surface area contributed by atoms with Crippen molar-refractivity contribution in [3.05, 3.63) is 36.2 Å². The zero-order valence-electron chi connectivity index (χ0n) is 16.7. The lowest BCUT2D eigenvalue weighted by Gasteiger charge is -2.33. The molecule has 1 aromatic carbocycles. The molecule has 1 saturated heterocycles. The van der Waals surface area contributed by atoms with Gasteiger partial charge in [0, 0.05) is 31.9 Å². The van der Waals surface area contributed by atoms with E-state index in [9.17, 15) is 4.79 Å². The van der Waals surface area contributed by atoms with Gasteiger partial charge in [0.25, 0.3) is 0 Å². The van der Waals surface area contributed by atoms with E-state index in [1.165, 1.54) is 6.33 Å². The molecule has 28 heavy (non-hydrogen) atoms. The second kappa shape index (κ2) is 8.88. The molecule has 3 rings (SSSR count). The maximum Gasteiger partial charge on any atom is 0.338 e. The van der Waals surface area contributed by atoms with Crippen LogP contribution in [0.4, 0.5) is 23.0 Å². The number of hydrogen-bond acceptors (Lipinski definition) is 8. The molecule has 0 bridgehead atoms. The Morgan fingerprint density at radius 1 is 1.18 bits per heavy atom. The molecule has 0 amide bonds. The molecule has 1 aliphatic heterocycles. The van der Waals surface area contributed by atoms with Crippen molar-refractivity contribution < 1.29 is 9.53 Å². The van der Waals surface area contributed by atoms with Crippen molar-refractivity contribution in [3.8, 4) is 0 Å². The minimum absolute atomic E-state index is 0.306. The van der Waals surface area contributed by atoms with Crippen molar-refractivity contribution in [2.45, 2.75) is 13.8 Å². The summed E-state index contributed by atoms with van der Waals surface area (Å²) >= 11 is 0. The van der Waals surface area contributed by atoms with Gasteiger partial charge < -0.3 is 25.6 Å². The summed E-state index contributed by atoms with van der Waals surface area (Å²) in [4.78, 5) is 25.1. The summed E-state index contributed by atoms with van der Waals surface area (Å²) < 4.78 is 5.25. The maximum absolute atomic E-state index is 12.0. The van der Waals surface area contributed by atoms with E-state index in [0.29, 0.717) is 29.6 Å².